The zero-order valence-electron chi connectivity index (χ0n) is 11.3. The highest BCUT2D eigenvalue weighted by molar-refractivity contribution is 5.67. The van der Waals surface area contributed by atoms with Crippen LogP contribution in [0.1, 0.15) is 19.4 Å². The molecule has 0 saturated carbocycles. The maximum atomic E-state index is 11.5. The van der Waals surface area contributed by atoms with E-state index in [1.807, 2.05) is 44.2 Å². The highest BCUT2D eigenvalue weighted by atomic mass is 16.5. The molecule has 2 N–H and O–H groups in total. The van der Waals surface area contributed by atoms with Gasteiger partial charge in [-0.3, -0.25) is 0 Å². The molecule has 0 heterocycles. The molecular weight excluding hydrogens is 246 g/mol. The largest absolute Gasteiger partial charge is 0.445 e. The van der Waals surface area contributed by atoms with E-state index in [4.69, 9.17) is 14.6 Å². The van der Waals surface area contributed by atoms with Crippen molar-refractivity contribution in [3.05, 3.63) is 35.9 Å². The lowest BCUT2D eigenvalue weighted by Gasteiger charge is -2.17. The molecule has 0 aliphatic rings. The number of ether oxygens (including phenoxy) is 2. The number of hydrogen-bond acceptors (Lipinski definition) is 4. The van der Waals surface area contributed by atoms with Crippen LogP contribution in [-0.4, -0.2) is 36.6 Å². The zero-order chi connectivity index (χ0) is 14.1. The fourth-order valence-corrected chi connectivity index (χ4v) is 1.38. The number of rotatable bonds is 7. The minimum absolute atomic E-state index is 0.0520. The number of aliphatic hydroxyl groups excluding tert-OH is 1. The van der Waals surface area contributed by atoms with Gasteiger partial charge in [0, 0.05) is 0 Å². The van der Waals surface area contributed by atoms with Crippen LogP contribution in [0.3, 0.4) is 0 Å². The molecule has 1 aromatic carbocycles. The van der Waals surface area contributed by atoms with E-state index >= 15 is 0 Å². The first-order valence-corrected chi connectivity index (χ1v) is 6.31. The molecule has 0 aromatic heterocycles. The lowest BCUT2D eigenvalue weighted by atomic mass is 10.2. The third kappa shape index (κ3) is 6.79. The van der Waals surface area contributed by atoms with E-state index in [1.54, 1.807) is 0 Å². The Bertz CT molecular complexity index is 367. The van der Waals surface area contributed by atoms with Crippen LogP contribution in [0, 0.1) is 0 Å². The molecule has 1 unspecified atom stereocenters. The number of benzene rings is 1. The predicted molar refractivity (Wildman–Crippen MR) is 71.7 cm³/mol. The first kappa shape index (κ1) is 15.5. The van der Waals surface area contributed by atoms with E-state index in [0.717, 1.165) is 5.56 Å². The smallest absolute Gasteiger partial charge is 0.407 e. The van der Waals surface area contributed by atoms with Gasteiger partial charge in [0.05, 0.1) is 25.4 Å². The van der Waals surface area contributed by atoms with Crippen molar-refractivity contribution in [1.82, 2.24) is 5.32 Å². The molecule has 0 aliphatic heterocycles. The summed E-state index contributed by atoms with van der Waals surface area (Å²) in [7, 11) is 0. The van der Waals surface area contributed by atoms with Crippen LogP contribution in [0.4, 0.5) is 4.79 Å². The summed E-state index contributed by atoms with van der Waals surface area (Å²) in [5.74, 6) is 0. The highest BCUT2D eigenvalue weighted by Crippen LogP contribution is 2.01. The molecule has 1 atom stereocenters. The fourth-order valence-electron chi connectivity index (χ4n) is 1.38. The standard InChI is InChI=1S/C14H21NO4/c1-11(2)18-10-13(8-16)15-14(17)19-9-12-6-4-3-5-7-12/h3-7,11,13,16H,8-10H2,1-2H3,(H,15,17). The highest BCUT2D eigenvalue weighted by Gasteiger charge is 2.13. The van der Waals surface area contributed by atoms with Crippen molar-refractivity contribution >= 4 is 6.09 Å². The van der Waals surface area contributed by atoms with Crippen molar-refractivity contribution in [2.24, 2.45) is 0 Å². The van der Waals surface area contributed by atoms with Gasteiger partial charge in [0.25, 0.3) is 0 Å². The number of amides is 1. The van der Waals surface area contributed by atoms with E-state index in [1.165, 1.54) is 0 Å². The summed E-state index contributed by atoms with van der Waals surface area (Å²) in [5, 5.41) is 11.7. The predicted octanol–water partition coefficient (Wildman–Crippen LogP) is 1.70. The molecule has 0 radical (unpaired) electrons. The van der Waals surface area contributed by atoms with Crippen molar-refractivity contribution in [2.45, 2.75) is 32.6 Å². The van der Waals surface area contributed by atoms with Crippen molar-refractivity contribution < 1.29 is 19.4 Å². The van der Waals surface area contributed by atoms with E-state index in [9.17, 15) is 4.79 Å². The number of aliphatic hydroxyl groups is 1. The normalized spacial score (nSPS) is 12.2. The molecule has 1 aromatic rings. The Morgan fingerprint density at radius 3 is 2.58 bits per heavy atom. The molecule has 19 heavy (non-hydrogen) atoms. The third-order valence-electron chi connectivity index (χ3n) is 2.39. The molecule has 0 saturated heterocycles. The Labute approximate surface area is 113 Å². The molecule has 5 nitrogen and oxygen atoms in total. The van der Waals surface area contributed by atoms with Gasteiger partial charge >= 0.3 is 6.09 Å². The second-order valence-corrected chi connectivity index (χ2v) is 4.47. The van der Waals surface area contributed by atoms with Gasteiger partial charge in [0.1, 0.15) is 6.61 Å². The van der Waals surface area contributed by atoms with E-state index in [0.29, 0.717) is 0 Å². The van der Waals surface area contributed by atoms with E-state index in [-0.39, 0.29) is 25.9 Å². The van der Waals surface area contributed by atoms with Gasteiger partial charge in [-0.1, -0.05) is 30.3 Å². The van der Waals surface area contributed by atoms with Crippen LogP contribution in [0.2, 0.25) is 0 Å². The monoisotopic (exact) mass is 267 g/mol. The molecule has 106 valence electrons. The topological polar surface area (TPSA) is 67.8 Å². The maximum Gasteiger partial charge on any atom is 0.407 e. The molecule has 5 heteroatoms. The van der Waals surface area contributed by atoms with Gasteiger partial charge in [-0.25, -0.2) is 4.79 Å². The van der Waals surface area contributed by atoms with Crippen LogP contribution in [-0.2, 0) is 16.1 Å². The van der Waals surface area contributed by atoms with Crippen LogP contribution in [0.25, 0.3) is 0 Å². The van der Waals surface area contributed by atoms with Gasteiger partial charge in [-0.05, 0) is 19.4 Å². The number of hydrogen-bond donors (Lipinski definition) is 2. The molecular formula is C14H21NO4. The van der Waals surface area contributed by atoms with Crippen LogP contribution < -0.4 is 5.32 Å². The van der Waals surface area contributed by atoms with E-state index < -0.39 is 12.1 Å². The SMILES string of the molecule is CC(C)OCC(CO)NC(=O)OCc1ccccc1. The summed E-state index contributed by atoms with van der Waals surface area (Å²) in [6.45, 7) is 4.06. The molecule has 1 amide bonds. The number of carbonyl (C=O) groups is 1. The summed E-state index contributed by atoms with van der Waals surface area (Å²) >= 11 is 0. The molecule has 0 spiro atoms. The maximum absolute atomic E-state index is 11.5. The second kappa shape index (κ2) is 8.50. The molecule has 0 fully saturated rings. The number of nitrogens with one attached hydrogen (secondary N) is 1. The summed E-state index contributed by atoms with van der Waals surface area (Å²) < 4.78 is 10.4. The Hall–Kier alpha value is -1.59. The van der Waals surface area contributed by atoms with Gasteiger partial charge in [-0.2, -0.15) is 0 Å². The first-order valence-electron chi connectivity index (χ1n) is 6.31. The Balaban J connectivity index is 2.29. The average molecular weight is 267 g/mol. The zero-order valence-corrected chi connectivity index (χ0v) is 11.3. The van der Waals surface area contributed by atoms with Gasteiger partial charge in [0.15, 0.2) is 0 Å². The van der Waals surface area contributed by atoms with Gasteiger partial charge in [0.2, 0.25) is 0 Å². The lowest BCUT2D eigenvalue weighted by Crippen LogP contribution is -2.41. The van der Waals surface area contributed by atoms with Crippen molar-refractivity contribution in [2.75, 3.05) is 13.2 Å². The molecule has 0 bridgehead atoms. The van der Waals surface area contributed by atoms with Crippen molar-refractivity contribution in [1.29, 1.82) is 0 Å². The average Bonchev–Trinajstić information content (AvgIpc) is 2.42. The number of alkyl carbamates (subject to hydrolysis) is 1. The van der Waals surface area contributed by atoms with Gasteiger partial charge < -0.3 is 19.9 Å². The summed E-state index contributed by atoms with van der Waals surface area (Å²) in [6, 6.07) is 8.95. The summed E-state index contributed by atoms with van der Waals surface area (Å²) in [5.41, 5.74) is 0.914. The van der Waals surface area contributed by atoms with Gasteiger partial charge in [-0.15, -0.1) is 0 Å². The third-order valence-corrected chi connectivity index (χ3v) is 2.39. The van der Waals surface area contributed by atoms with Crippen molar-refractivity contribution in [3.63, 3.8) is 0 Å². The lowest BCUT2D eigenvalue weighted by molar-refractivity contribution is 0.0440. The minimum Gasteiger partial charge on any atom is -0.445 e. The first-order chi connectivity index (χ1) is 9.11. The molecule has 1 rings (SSSR count). The summed E-state index contributed by atoms with van der Waals surface area (Å²) in [4.78, 5) is 11.5. The summed E-state index contributed by atoms with van der Waals surface area (Å²) in [6.07, 6.45) is -0.508. The van der Waals surface area contributed by atoms with Crippen LogP contribution in [0.15, 0.2) is 30.3 Å². The Kier molecular flexibility index (Phi) is 6.92. The Morgan fingerprint density at radius 1 is 1.32 bits per heavy atom. The quantitative estimate of drug-likeness (QED) is 0.789. The van der Waals surface area contributed by atoms with E-state index in [2.05, 4.69) is 5.32 Å². The van der Waals surface area contributed by atoms with Crippen LogP contribution in [0.5, 0.6) is 0 Å². The van der Waals surface area contributed by atoms with Crippen molar-refractivity contribution in [3.8, 4) is 0 Å². The second-order valence-electron chi connectivity index (χ2n) is 4.47. The minimum atomic E-state index is -0.560. The Morgan fingerprint density at radius 2 is 2.00 bits per heavy atom. The fraction of sp³-hybridized carbons (Fsp3) is 0.500. The molecule has 0 aliphatic carbocycles. The van der Waals surface area contributed by atoms with Crippen LogP contribution >= 0.6 is 0 Å². The number of carbonyl (C=O) groups excluding carboxylic acids is 1.